The fourth-order valence-corrected chi connectivity index (χ4v) is 5.55. The van der Waals surface area contributed by atoms with Gasteiger partial charge in [0, 0.05) is 11.8 Å². The van der Waals surface area contributed by atoms with E-state index in [0.717, 1.165) is 31.1 Å². The van der Waals surface area contributed by atoms with Crippen molar-refractivity contribution in [2.24, 2.45) is 23.2 Å². The summed E-state index contributed by atoms with van der Waals surface area (Å²) in [6.07, 6.45) is 23.8. The molecule has 0 bridgehead atoms. The summed E-state index contributed by atoms with van der Waals surface area (Å²) < 4.78 is 0. The predicted molar refractivity (Wildman–Crippen MR) is 92.2 cm³/mol. The van der Waals surface area contributed by atoms with Gasteiger partial charge in [-0.15, -0.1) is 0 Å². The molecule has 5 aliphatic carbocycles. The summed E-state index contributed by atoms with van der Waals surface area (Å²) in [6, 6.07) is 0. The summed E-state index contributed by atoms with van der Waals surface area (Å²) in [6.45, 7) is 2.25. The Hall–Kier alpha value is 0.189. The van der Waals surface area contributed by atoms with Gasteiger partial charge in [0.15, 0.2) is 0 Å². The third-order valence-electron chi connectivity index (χ3n) is 6.79. The maximum atomic E-state index is 12.2. The molecule has 5 rings (SSSR count). The maximum Gasteiger partial charge on any atom is 2.00 e. The van der Waals surface area contributed by atoms with Crippen molar-refractivity contribution in [3.63, 3.8) is 0 Å². The van der Waals surface area contributed by atoms with E-state index < -0.39 is 0 Å². The van der Waals surface area contributed by atoms with Crippen LogP contribution in [0.5, 0.6) is 0 Å². The summed E-state index contributed by atoms with van der Waals surface area (Å²) in [5.74, 6) is 5.97. The molecule has 4 atom stereocenters. The van der Waals surface area contributed by atoms with Crippen molar-refractivity contribution in [2.45, 2.75) is 45.4 Å². The van der Waals surface area contributed by atoms with Crippen molar-refractivity contribution in [2.75, 3.05) is 0 Å². The summed E-state index contributed by atoms with van der Waals surface area (Å²) in [7, 11) is 0. The molecule has 0 aromatic carbocycles. The average Bonchev–Trinajstić information content (AvgIpc) is 3.29. The van der Waals surface area contributed by atoms with E-state index in [-0.39, 0.29) is 22.5 Å². The van der Waals surface area contributed by atoms with Crippen molar-refractivity contribution >= 4 is 5.78 Å². The van der Waals surface area contributed by atoms with Crippen molar-refractivity contribution in [3.8, 4) is 0 Å². The van der Waals surface area contributed by atoms with Gasteiger partial charge in [0.25, 0.3) is 0 Å². The van der Waals surface area contributed by atoms with E-state index in [1.165, 1.54) is 19.3 Å². The zero-order valence-corrected chi connectivity index (χ0v) is 15.5. The van der Waals surface area contributed by atoms with E-state index in [9.17, 15) is 4.79 Å². The molecule has 0 heterocycles. The maximum absolute atomic E-state index is 12.2. The minimum Gasteiger partial charge on any atom is -0.299 e. The third kappa shape index (κ3) is 3.27. The Morgan fingerprint density at radius 3 is 2.33 bits per heavy atom. The third-order valence-corrected chi connectivity index (χ3v) is 6.79. The second kappa shape index (κ2) is 7.83. The monoisotopic (exact) mass is 362 g/mol. The van der Waals surface area contributed by atoms with Gasteiger partial charge in [-0.25, -0.2) is 0 Å². The van der Waals surface area contributed by atoms with Gasteiger partial charge in [0.1, 0.15) is 5.78 Å². The minimum absolute atomic E-state index is 0. The van der Waals surface area contributed by atoms with Crippen LogP contribution in [0.3, 0.4) is 0 Å². The summed E-state index contributed by atoms with van der Waals surface area (Å²) in [4.78, 5) is 12.2. The molecular formula is C22H26FeO+2. The largest absolute Gasteiger partial charge is 2.00 e. The van der Waals surface area contributed by atoms with Crippen LogP contribution in [0.4, 0.5) is 0 Å². The van der Waals surface area contributed by atoms with Gasteiger partial charge in [-0.1, -0.05) is 6.92 Å². The van der Waals surface area contributed by atoms with Crippen LogP contribution in [0.1, 0.15) is 45.4 Å². The standard InChI is InChI=1S/C17H21O.C5H5.Fe/c1-17-10-9-13-12-4-2-3-11(12)5-6-14(13)15(17)7-8-16(17)18;1-2-4-5-3-1;/h2-4,13-15H,5-10H2,1H3;1-5H;/q;;+2/t13-,14-,15-,17+;;/m1../s1. The molecule has 5 aliphatic rings. The molecule has 0 saturated heterocycles. The summed E-state index contributed by atoms with van der Waals surface area (Å²) >= 11 is 0. The smallest absolute Gasteiger partial charge is 0.299 e. The Labute approximate surface area is 159 Å². The molecule has 2 heteroatoms. The van der Waals surface area contributed by atoms with E-state index >= 15 is 0 Å². The number of carbonyl (C=O) groups excluding carboxylic acids is 1. The second-order valence-electron chi connectivity index (χ2n) is 7.80. The van der Waals surface area contributed by atoms with Crippen molar-refractivity contribution in [1.29, 1.82) is 0 Å². The quantitative estimate of drug-likeness (QED) is 0.576. The first kappa shape index (κ1) is 19.0. The number of carbonyl (C=O) groups is 1. The molecule has 0 aromatic heterocycles. The molecule has 0 amide bonds. The topological polar surface area (TPSA) is 17.1 Å². The van der Waals surface area contributed by atoms with Crippen molar-refractivity contribution < 1.29 is 21.9 Å². The summed E-state index contributed by atoms with van der Waals surface area (Å²) in [5, 5.41) is 0. The molecule has 0 aromatic rings. The molecule has 0 spiro atoms. The second-order valence-corrected chi connectivity index (χ2v) is 7.80. The van der Waals surface area contributed by atoms with E-state index in [1.54, 1.807) is 11.8 Å². The van der Waals surface area contributed by atoms with Gasteiger partial charge in [0.05, 0.1) is 0 Å². The van der Waals surface area contributed by atoms with Crippen LogP contribution in [0.15, 0.2) is 0 Å². The predicted octanol–water partition coefficient (Wildman–Crippen LogP) is 4.59. The molecule has 0 N–H and O–H groups in total. The first-order valence-corrected chi connectivity index (χ1v) is 9.14. The van der Waals surface area contributed by atoms with Gasteiger partial charge in [-0.05, 0) is 113 Å². The van der Waals surface area contributed by atoms with Crippen LogP contribution in [-0.4, -0.2) is 5.78 Å². The van der Waals surface area contributed by atoms with Gasteiger partial charge >= 0.3 is 17.1 Å². The van der Waals surface area contributed by atoms with Crippen LogP contribution >= 0.6 is 0 Å². The molecule has 10 radical (unpaired) electrons. The fourth-order valence-electron chi connectivity index (χ4n) is 5.55. The molecule has 126 valence electrons. The van der Waals surface area contributed by atoms with Gasteiger partial charge in [-0.2, -0.15) is 0 Å². The minimum atomic E-state index is 0. The number of fused-ring (bicyclic) bond motifs is 5. The number of ketones is 1. The first-order valence-electron chi connectivity index (χ1n) is 9.14. The van der Waals surface area contributed by atoms with Gasteiger partial charge in [-0.3, -0.25) is 4.79 Å². The Morgan fingerprint density at radius 2 is 1.62 bits per heavy atom. The Balaban J connectivity index is 0.000000245. The van der Waals surface area contributed by atoms with Gasteiger partial charge in [0.2, 0.25) is 0 Å². The van der Waals surface area contributed by atoms with Gasteiger partial charge < -0.3 is 0 Å². The molecular weight excluding hydrogens is 336 g/mol. The van der Waals surface area contributed by atoms with Crippen LogP contribution in [-0.2, 0) is 21.9 Å². The Bertz CT molecular complexity index is 436. The SMILES string of the molecule is C[C@]12CC[C@@H]3[C]4[CH][CH][CH][C]4CC[C@H]3[C@H]1CCC2=O.[CH]1[CH][CH][CH][CH]1.[Fe+2]. The summed E-state index contributed by atoms with van der Waals surface area (Å²) in [5.41, 5.74) is 0.0330. The Morgan fingerprint density at radius 1 is 0.917 bits per heavy atom. The van der Waals surface area contributed by atoms with E-state index in [1.807, 2.05) is 32.1 Å². The molecule has 0 aliphatic heterocycles. The van der Waals surface area contributed by atoms with Crippen molar-refractivity contribution in [1.82, 2.24) is 0 Å². The molecule has 1 nitrogen and oxygen atoms in total. The number of rotatable bonds is 0. The van der Waals surface area contributed by atoms with Crippen LogP contribution in [0, 0.1) is 86.4 Å². The normalized spacial score (nSPS) is 41.7. The van der Waals surface area contributed by atoms with Crippen LogP contribution in [0.2, 0.25) is 0 Å². The average molecular weight is 362 g/mol. The van der Waals surface area contributed by atoms with E-state index in [4.69, 9.17) is 0 Å². The zero-order chi connectivity index (χ0) is 15.9. The molecule has 0 unspecified atom stereocenters. The number of Topliss-reactive ketones (excluding diaryl/α,β-unsaturated/α-hetero) is 1. The molecule has 5 saturated carbocycles. The van der Waals surface area contributed by atoms with Crippen molar-refractivity contribution in [3.05, 3.63) is 63.2 Å². The fraction of sp³-hybridized carbons (Fsp3) is 0.500. The van der Waals surface area contributed by atoms with E-state index in [0.29, 0.717) is 11.7 Å². The Kier molecular flexibility index (Phi) is 6.19. The zero-order valence-electron chi connectivity index (χ0n) is 14.4. The molecule has 24 heavy (non-hydrogen) atoms. The van der Waals surface area contributed by atoms with Crippen LogP contribution in [0.25, 0.3) is 0 Å². The first-order chi connectivity index (χ1) is 11.2. The van der Waals surface area contributed by atoms with Crippen LogP contribution < -0.4 is 0 Å². The number of hydrogen-bond donors (Lipinski definition) is 0. The molecule has 5 fully saturated rings. The van der Waals surface area contributed by atoms with E-state index in [2.05, 4.69) is 26.2 Å². The number of hydrogen-bond acceptors (Lipinski definition) is 1.